The molecule has 1 N–H and O–H groups in total. The molecule has 0 spiro atoms. The molecule has 0 fully saturated rings. The Morgan fingerprint density at radius 2 is 2.20 bits per heavy atom. The van der Waals surface area contributed by atoms with E-state index in [4.69, 9.17) is 11.6 Å². The normalized spacial score (nSPS) is 12.6. The standard InChI is InChI=1S/C13H16ClN3O2S/c1-4-5-9-10(14)16-13(19)17(12(9)18)8(3)11-15-6-7(2)20-11/h6,8H,4-5H2,1-3H3,(H,16,19). The van der Waals surface area contributed by atoms with E-state index in [0.717, 1.165) is 16.3 Å². The molecule has 7 heteroatoms. The van der Waals surface area contributed by atoms with Gasteiger partial charge in [-0.3, -0.25) is 14.3 Å². The lowest BCUT2D eigenvalue weighted by Gasteiger charge is -2.13. The van der Waals surface area contributed by atoms with Crippen molar-refractivity contribution in [2.45, 2.75) is 39.7 Å². The van der Waals surface area contributed by atoms with E-state index in [2.05, 4.69) is 9.97 Å². The minimum atomic E-state index is -0.500. The summed E-state index contributed by atoms with van der Waals surface area (Å²) in [5, 5.41) is 0.875. The second-order valence-electron chi connectivity index (χ2n) is 4.63. The lowest BCUT2D eigenvalue weighted by atomic mass is 10.2. The van der Waals surface area contributed by atoms with E-state index in [0.29, 0.717) is 12.0 Å². The zero-order valence-corrected chi connectivity index (χ0v) is 13.1. The molecule has 1 atom stereocenters. The van der Waals surface area contributed by atoms with Gasteiger partial charge in [0.1, 0.15) is 10.2 Å². The summed E-state index contributed by atoms with van der Waals surface area (Å²) >= 11 is 7.43. The van der Waals surface area contributed by atoms with Crippen LogP contribution in [0.15, 0.2) is 15.8 Å². The van der Waals surface area contributed by atoms with Crippen LogP contribution < -0.4 is 11.2 Å². The van der Waals surface area contributed by atoms with Crippen molar-refractivity contribution in [1.29, 1.82) is 0 Å². The van der Waals surface area contributed by atoms with Crippen LogP contribution in [0.1, 0.15) is 41.8 Å². The molecular formula is C13H16ClN3O2S. The van der Waals surface area contributed by atoms with Gasteiger partial charge in [-0.15, -0.1) is 11.3 Å². The molecule has 0 amide bonds. The number of H-pyrrole nitrogens is 1. The SMILES string of the molecule is CCCc1c(Cl)[nH]c(=O)n(C(C)c2ncc(C)s2)c1=O. The van der Waals surface area contributed by atoms with Crippen LogP contribution in [-0.2, 0) is 6.42 Å². The van der Waals surface area contributed by atoms with E-state index in [1.807, 2.05) is 13.8 Å². The van der Waals surface area contributed by atoms with Crippen molar-refractivity contribution in [3.05, 3.63) is 47.6 Å². The van der Waals surface area contributed by atoms with Crippen molar-refractivity contribution in [3.8, 4) is 0 Å². The average Bonchev–Trinajstić information content (AvgIpc) is 2.81. The summed E-state index contributed by atoms with van der Waals surface area (Å²) in [5.74, 6) is 0. The molecule has 0 saturated carbocycles. The van der Waals surface area contributed by atoms with Crippen molar-refractivity contribution < 1.29 is 0 Å². The third-order valence-electron chi connectivity index (χ3n) is 3.06. The topological polar surface area (TPSA) is 67.8 Å². The number of halogens is 1. The molecule has 20 heavy (non-hydrogen) atoms. The van der Waals surface area contributed by atoms with Crippen molar-refractivity contribution in [2.24, 2.45) is 0 Å². The molecule has 0 aromatic carbocycles. The molecule has 2 rings (SSSR count). The van der Waals surface area contributed by atoms with Crippen LogP contribution in [0.4, 0.5) is 0 Å². The van der Waals surface area contributed by atoms with E-state index in [1.54, 1.807) is 13.1 Å². The van der Waals surface area contributed by atoms with Gasteiger partial charge in [0.2, 0.25) is 0 Å². The van der Waals surface area contributed by atoms with Gasteiger partial charge in [-0.25, -0.2) is 9.78 Å². The largest absolute Gasteiger partial charge is 0.330 e. The maximum atomic E-state index is 12.5. The van der Waals surface area contributed by atoms with Gasteiger partial charge in [-0.1, -0.05) is 24.9 Å². The predicted octanol–water partition coefficient (Wildman–Crippen LogP) is 2.52. The van der Waals surface area contributed by atoms with Crippen molar-refractivity contribution in [3.63, 3.8) is 0 Å². The monoisotopic (exact) mass is 313 g/mol. The second kappa shape index (κ2) is 5.93. The zero-order valence-electron chi connectivity index (χ0n) is 11.6. The molecule has 2 heterocycles. The van der Waals surface area contributed by atoms with Gasteiger partial charge in [-0.05, 0) is 20.3 Å². The van der Waals surface area contributed by atoms with Gasteiger partial charge in [-0.2, -0.15) is 0 Å². The Morgan fingerprint density at radius 3 is 2.75 bits per heavy atom. The van der Waals surface area contributed by atoms with Crippen LogP contribution in [0.5, 0.6) is 0 Å². The zero-order chi connectivity index (χ0) is 14.9. The van der Waals surface area contributed by atoms with Crippen molar-refractivity contribution >= 4 is 22.9 Å². The predicted molar refractivity (Wildman–Crippen MR) is 81.0 cm³/mol. The lowest BCUT2D eigenvalue weighted by Crippen LogP contribution is -2.39. The van der Waals surface area contributed by atoms with Crippen LogP contribution >= 0.6 is 22.9 Å². The highest BCUT2D eigenvalue weighted by molar-refractivity contribution is 7.11. The highest BCUT2D eigenvalue weighted by atomic mass is 35.5. The Kier molecular flexibility index (Phi) is 4.45. The lowest BCUT2D eigenvalue weighted by molar-refractivity contribution is 0.567. The number of nitrogens with zero attached hydrogens (tertiary/aromatic N) is 2. The summed E-state index contributed by atoms with van der Waals surface area (Å²) in [5.41, 5.74) is -0.380. The molecule has 108 valence electrons. The maximum absolute atomic E-state index is 12.5. The van der Waals surface area contributed by atoms with Gasteiger partial charge in [0.25, 0.3) is 5.56 Å². The molecule has 0 aliphatic carbocycles. The Morgan fingerprint density at radius 1 is 1.50 bits per heavy atom. The summed E-state index contributed by atoms with van der Waals surface area (Å²) in [6, 6.07) is -0.405. The third kappa shape index (κ3) is 2.71. The summed E-state index contributed by atoms with van der Waals surface area (Å²) in [6.45, 7) is 5.68. The van der Waals surface area contributed by atoms with Crippen molar-refractivity contribution in [2.75, 3.05) is 0 Å². The fraction of sp³-hybridized carbons (Fsp3) is 0.462. The van der Waals surface area contributed by atoms with E-state index in [1.165, 1.54) is 15.9 Å². The molecule has 1 unspecified atom stereocenters. The molecular weight excluding hydrogens is 298 g/mol. The number of hydrogen-bond acceptors (Lipinski definition) is 4. The first-order valence-corrected chi connectivity index (χ1v) is 7.60. The number of aromatic amines is 1. The van der Waals surface area contributed by atoms with Gasteiger partial charge in [0.05, 0.1) is 11.6 Å². The molecule has 0 aliphatic heterocycles. The quantitative estimate of drug-likeness (QED) is 0.882. The Balaban J connectivity index is 2.59. The minimum absolute atomic E-state index is 0.139. The second-order valence-corrected chi connectivity index (χ2v) is 6.28. The number of rotatable bonds is 4. The summed E-state index contributed by atoms with van der Waals surface area (Å²) in [6.07, 6.45) is 3.06. The molecule has 5 nitrogen and oxygen atoms in total. The van der Waals surface area contributed by atoms with Gasteiger partial charge in [0.15, 0.2) is 0 Å². The van der Waals surface area contributed by atoms with Gasteiger partial charge in [0, 0.05) is 11.1 Å². The first kappa shape index (κ1) is 15.0. The number of aryl methyl sites for hydroxylation is 1. The highest BCUT2D eigenvalue weighted by Gasteiger charge is 2.19. The van der Waals surface area contributed by atoms with Crippen LogP contribution in [0.25, 0.3) is 0 Å². The summed E-state index contributed by atoms with van der Waals surface area (Å²) < 4.78 is 1.19. The number of aromatic nitrogens is 3. The summed E-state index contributed by atoms with van der Waals surface area (Å²) in [4.78, 5) is 32.3. The van der Waals surface area contributed by atoms with Crippen LogP contribution in [0, 0.1) is 6.92 Å². The van der Waals surface area contributed by atoms with E-state index >= 15 is 0 Å². The smallest absolute Gasteiger partial charge is 0.297 e. The Bertz CT molecular complexity index is 732. The molecule has 0 saturated heterocycles. The highest BCUT2D eigenvalue weighted by Crippen LogP contribution is 2.21. The number of thiazole rings is 1. The first-order valence-electron chi connectivity index (χ1n) is 6.41. The first-order chi connectivity index (χ1) is 9.45. The average molecular weight is 314 g/mol. The van der Waals surface area contributed by atoms with Crippen LogP contribution in [0.3, 0.4) is 0 Å². The molecule has 0 radical (unpaired) electrons. The van der Waals surface area contributed by atoms with Crippen molar-refractivity contribution in [1.82, 2.24) is 14.5 Å². The summed E-state index contributed by atoms with van der Waals surface area (Å²) in [7, 11) is 0. The molecule has 2 aromatic rings. The minimum Gasteiger partial charge on any atom is -0.297 e. The molecule has 2 aromatic heterocycles. The van der Waals surface area contributed by atoms with Crippen LogP contribution in [-0.4, -0.2) is 14.5 Å². The Hall–Kier alpha value is -1.40. The van der Waals surface area contributed by atoms with E-state index in [-0.39, 0.29) is 10.7 Å². The van der Waals surface area contributed by atoms with Crippen LogP contribution in [0.2, 0.25) is 5.15 Å². The van der Waals surface area contributed by atoms with E-state index in [9.17, 15) is 9.59 Å². The molecule has 0 bridgehead atoms. The van der Waals surface area contributed by atoms with E-state index < -0.39 is 11.7 Å². The van der Waals surface area contributed by atoms with Gasteiger partial charge < -0.3 is 0 Å². The van der Waals surface area contributed by atoms with Gasteiger partial charge >= 0.3 is 5.69 Å². The Labute approximate surface area is 125 Å². The third-order valence-corrected chi connectivity index (χ3v) is 4.47. The number of nitrogens with one attached hydrogen (secondary N) is 1. The molecule has 0 aliphatic rings. The fourth-order valence-electron chi connectivity index (χ4n) is 2.06. The number of hydrogen-bond donors (Lipinski definition) is 1. The maximum Gasteiger partial charge on any atom is 0.330 e. The fourth-order valence-corrected chi connectivity index (χ4v) is 3.13.